The van der Waals surface area contributed by atoms with Gasteiger partial charge in [-0.15, -0.1) is 0 Å². The van der Waals surface area contributed by atoms with Crippen LogP contribution in [0.15, 0.2) is 127 Å². The molecule has 53 heavy (non-hydrogen) atoms. The maximum atomic E-state index is 13.6. The Labute approximate surface area is 304 Å². The number of nitrogens with zero attached hydrogens (tertiary/aromatic N) is 3. The number of hydrogen-bond donors (Lipinski definition) is 3. The van der Waals surface area contributed by atoms with Crippen LogP contribution in [0.25, 0.3) is 0 Å². The fraction of sp³-hybridized carbons (Fsp3) is 0.100. The molecule has 2 amide bonds. The number of carbonyl (C=O) groups excluding carboxylic acids is 3. The van der Waals surface area contributed by atoms with Crippen LogP contribution >= 0.6 is 0 Å². The third-order valence-electron chi connectivity index (χ3n) is 7.62. The highest BCUT2D eigenvalue weighted by atomic mass is 16.5. The molecule has 4 N–H and O–H groups in total. The van der Waals surface area contributed by atoms with Gasteiger partial charge in [0.2, 0.25) is 17.6 Å². The second-order valence-corrected chi connectivity index (χ2v) is 11.4. The lowest BCUT2D eigenvalue weighted by molar-refractivity contribution is 0.0592. The first-order valence-electron chi connectivity index (χ1n) is 16.4. The van der Waals surface area contributed by atoms with Crippen LogP contribution in [-0.2, 0) is 24.6 Å². The van der Waals surface area contributed by atoms with E-state index in [0.717, 1.165) is 16.7 Å². The summed E-state index contributed by atoms with van der Waals surface area (Å²) in [7, 11) is 1.24. The summed E-state index contributed by atoms with van der Waals surface area (Å²) in [6.07, 6.45) is 0. The molecule has 266 valence electrons. The third kappa shape index (κ3) is 9.49. The molecule has 6 rings (SSSR count). The van der Waals surface area contributed by atoms with Crippen LogP contribution in [0.4, 0.5) is 17.1 Å². The maximum Gasteiger partial charge on any atom is 0.356 e. The van der Waals surface area contributed by atoms with Crippen LogP contribution in [-0.4, -0.2) is 39.8 Å². The number of nitrogens with one attached hydrogen (secondary N) is 2. The van der Waals surface area contributed by atoms with Crippen molar-refractivity contribution in [3.63, 3.8) is 0 Å². The van der Waals surface area contributed by atoms with Crippen LogP contribution in [0.2, 0.25) is 0 Å². The number of aromatic nitrogens is 3. The molecule has 0 spiro atoms. The van der Waals surface area contributed by atoms with Crippen molar-refractivity contribution in [3.8, 4) is 17.6 Å². The van der Waals surface area contributed by atoms with Crippen LogP contribution in [0.5, 0.6) is 17.6 Å². The van der Waals surface area contributed by atoms with E-state index in [2.05, 4.69) is 25.6 Å². The number of pyridine rings is 3. The summed E-state index contributed by atoms with van der Waals surface area (Å²) in [5, 5.41) is 5.52. The highest BCUT2D eigenvalue weighted by Crippen LogP contribution is 2.28. The molecule has 0 atom stereocenters. The molecule has 3 heterocycles. The van der Waals surface area contributed by atoms with Gasteiger partial charge in [-0.3, -0.25) is 9.59 Å². The summed E-state index contributed by atoms with van der Waals surface area (Å²) in [5.74, 6) is -1.81. The zero-order valence-corrected chi connectivity index (χ0v) is 28.5. The van der Waals surface area contributed by atoms with E-state index >= 15 is 0 Å². The largest absolute Gasteiger partial charge is 0.471 e. The van der Waals surface area contributed by atoms with Crippen molar-refractivity contribution in [2.24, 2.45) is 0 Å². The fourth-order valence-corrected chi connectivity index (χ4v) is 4.88. The molecule has 3 aromatic carbocycles. The number of esters is 1. The average Bonchev–Trinajstić information content (AvgIpc) is 3.20. The van der Waals surface area contributed by atoms with Crippen LogP contribution in [0.1, 0.15) is 48.2 Å². The number of nitrogens with two attached hydrogens (primary N) is 1. The molecule has 3 aromatic heterocycles. The Morgan fingerprint density at radius 1 is 0.509 bits per heavy atom. The highest BCUT2D eigenvalue weighted by molar-refractivity contribution is 6.06. The molecule has 13 nitrogen and oxygen atoms in total. The van der Waals surface area contributed by atoms with Gasteiger partial charge in [0.25, 0.3) is 11.8 Å². The number of amides is 2. The van der Waals surface area contributed by atoms with Gasteiger partial charge in [-0.1, -0.05) is 91.0 Å². The van der Waals surface area contributed by atoms with Crippen molar-refractivity contribution in [1.29, 1.82) is 0 Å². The van der Waals surface area contributed by atoms with Crippen molar-refractivity contribution in [1.82, 2.24) is 15.0 Å². The van der Waals surface area contributed by atoms with E-state index in [0.29, 0.717) is 0 Å². The molecule has 0 fully saturated rings. The van der Waals surface area contributed by atoms with Crippen molar-refractivity contribution in [3.05, 3.63) is 161 Å². The Morgan fingerprint density at radius 2 is 0.887 bits per heavy atom. The second-order valence-electron chi connectivity index (χ2n) is 11.4. The topological polar surface area (TPSA) is 177 Å². The molecule has 6 aromatic rings. The Kier molecular flexibility index (Phi) is 11.5. The number of anilines is 3. The first-order chi connectivity index (χ1) is 25.9. The van der Waals surface area contributed by atoms with Gasteiger partial charge in [0.15, 0.2) is 5.69 Å². The second kappa shape index (κ2) is 17.1. The number of ether oxygens (including phenoxy) is 4. The normalized spacial score (nSPS) is 10.5. The molecule has 13 heteroatoms. The Hall–Kier alpha value is -7.28. The Bertz CT molecular complexity index is 2200. The number of rotatable bonds is 14. The first-order valence-corrected chi connectivity index (χ1v) is 16.4. The van der Waals surface area contributed by atoms with Crippen LogP contribution in [0.3, 0.4) is 0 Å². The monoisotopic (exact) mass is 710 g/mol. The SMILES string of the molecule is COC(=O)c1ccc(NC(=O)c2ccc(NC(=O)c3ccc(N)c(OCc4ccccc4)n3)c(OCc3ccccc3)n2)c(OCc2ccccc2)n1. The lowest BCUT2D eigenvalue weighted by Crippen LogP contribution is -2.19. The van der Waals surface area contributed by atoms with E-state index in [9.17, 15) is 14.4 Å². The van der Waals surface area contributed by atoms with E-state index in [1.165, 1.54) is 43.5 Å². The van der Waals surface area contributed by atoms with Gasteiger partial charge in [0.05, 0.1) is 12.8 Å². The van der Waals surface area contributed by atoms with Crippen molar-refractivity contribution < 1.29 is 33.3 Å². The summed E-state index contributed by atoms with van der Waals surface area (Å²) in [6.45, 7) is 0.422. The molecule has 0 aliphatic rings. The van der Waals surface area contributed by atoms with Gasteiger partial charge in [-0.2, -0.15) is 0 Å². The van der Waals surface area contributed by atoms with Gasteiger partial charge < -0.3 is 35.3 Å². The summed E-state index contributed by atoms with van der Waals surface area (Å²) < 4.78 is 22.6. The average molecular weight is 711 g/mol. The van der Waals surface area contributed by atoms with Crippen LogP contribution < -0.4 is 30.6 Å². The minimum absolute atomic E-state index is 0.00217. The standard InChI is InChI=1S/C40H34N6O7/c1-50-40(49)34-22-21-33(39(46-34)53-25-28-15-9-4-10-16-28)43-36(48)31-19-20-32(38(45-31)52-24-27-13-7-3-8-14-27)42-35(47)30-18-17-29(41)37(44-30)51-23-26-11-5-2-6-12-26/h2-22H,23-25,41H2,1H3,(H,42,47)(H,43,48). The number of benzene rings is 3. The minimum Gasteiger partial charge on any atom is -0.471 e. The van der Waals surface area contributed by atoms with Gasteiger partial charge in [-0.05, 0) is 53.1 Å². The van der Waals surface area contributed by atoms with E-state index < -0.39 is 17.8 Å². The third-order valence-corrected chi connectivity index (χ3v) is 7.62. The zero-order chi connectivity index (χ0) is 37.0. The number of methoxy groups -OCH3 is 1. The van der Waals surface area contributed by atoms with Crippen molar-refractivity contribution in [2.45, 2.75) is 19.8 Å². The van der Waals surface area contributed by atoms with E-state index in [4.69, 9.17) is 24.7 Å². The van der Waals surface area contributed by atoms with E-state index in [-0.39, 0.29) is 71.6 Å². The molecule has 0 saturated carbocycles. The minimum atomic E-state index is -0.669. The molecular formula is C40H34N6O7. The van der Waals surface area contributed by atoms with Gasteiger partial charge in [0, 0.05) is 0 Å². The molecule has 0 saturated heterocycles. The highest BCUT2D eigenvalue weighted by Gasteiger charge is 2.20. The zero-order valence-electron chi connectivity index (χ0n) is 28.5. The summed E-state index contributed by atoms with van der Waals surface area (Å²) in [5.41, 5.74) is 9.29. The molecule has 0 unspecified atom stereocenters. The maximum absolute atomic E-state index is 13.6. The fourth-order valence-electron chi connectivity index (χ4n) is 4.88. The number of carbonyl (C=O) groups is 3. The quantitative estimate of drug-likeness (QED) is 0.105. The molecule has 0 aliphatic carbocycles. The van der Waals surface area contributed by atoms with Gasteiger partial charge in [0.1, 0.15) is 42.6 Å². The molecule has 0 bridgehead atoms. The lowest BCUT2D eigenvalue weighted by atomic mass is 10.2. The van der Waals surface area contributed by atoms with E-state index in [1.54, 1.807) is 0 Å². The van der Waals surface area contributed by atoms with Gasteiger partial charge >= 0.3 is 5.97 Å². The predicted octanol–water partition coefficient (Wildman–Crippen LogP) is 6.48. The summed E-state index contributed by atoms with van der Waals surface area (Å²) in [6, 6.07) is 36.9. The van der Waals surface area contributed by atoms with Gasteiger partial charge in [-0.25, -0.2) is 19.7 Å². The smallest absolute Gasteiger partial charge is 0.356 e. The van der Waals surface area contributed by atoms with Crippen molar-refractivity contribution >= 4 is 34.8 Å². The Balaban J connectivity index is 1.23. The summed E-state index contributed by atoms with van der Waals surface area (Å²) >= 11 is 0. The predicted molar refractivity (Wildman–Crippen MR) is 197 cm³/mol. The lowest BCUT2D eigenvalue weighted by Gasteiger charge is -2.15. The first kappa shape index (κ1) is 35.5. The molecule has 0 radical (unpaired) electrons. The van der Waals surface area contributed by atoms with Crippen molar-refractivity contribution in [2.75, 3.05) is 23.5 Å². The molecular weight excluding hydrogens is 676 g/mol. The van der Waals surface area contributed by atoms with Crippen LogP contribution in [0, 0.1) is 0 Å². The Morgan fingerprint density at radius 3 is 1.34 bits per heavy atom. The number of nitrogen functional groups attached to an aromatic ring is 1. The summed E-state index contributed by atoms with van der Waals surface area (Å²) in [4.78, 5) is 52.3. The molecule has 0 aliphatic heterocycles. The van der Waals surface area contributed by atoms with E-state index in [1.807, 2.05) is 91.0 Å². The number of hydrogen-bond acceptors (Lipinski definition) is 11.